The Morgan fingerprint density at radius 2 is 1.83 bits per heavy atom. The van der Waals surface area contributed by atoms with Crippen LogP contribution in [0.2, 0.25) is 0 Å². The number of nitrogens with zero attached hydrogens (tertiary/aromatic N) is 1. The van der Waals surface area contributed by atoms with Crippen LogP contribution in [0, 0.1) is 0 Å². The molecule has 3 aromatic rings. The third-order valence-corrected chi connectivity index (χ3v) is 5.04. The van der Waals surface area contributed by atoms with Crippen molar-refractivity contribution in [2.45, 2.75) is 19.5 Å². The summed E-state index contributed by atoms with van der Waals surface area (Å²) in [5, 5.41) is 7.30. The largest absolute Gasteiger partial charge is 0.416 e. The number of aromatic nitrogens is 1. The van der Waals surface area contributed by atoms with Crippen LogP contribution in [-0.4, -0.2) is 23.3 Å². The van der Waals surface area contributed by atoms with E-state index in [2.05, 4.69) is 15.6 Å². The molecule has 0 saturated heterocycles. The minimum atomic E-state index is -4.44. The van der Waals surface area contributed by atoms with Gasteiger partial charge in [-0.05, 0) is 36.2 Å². The number of anilines is 1. The lowest BCUT2D eigenvalue weighted by Gasteiger charge is -2.07. The smallest absolute Gasteiger partial charge is 0.350 e. The topological polar surface area (TPSA) is 71.1 Å². The van der Waals surface area contributed by atoms with Crippen molar-refractivity contribution in [2.24, 2.45) is 0 Å². The van der Waals surface area contributed by atoms with Crippen LogP contribution < -0.4 is 10.6 Å². The average molecular weight is 433 g/mol. The molecule has 2 amide bonds. The number of halogens is 3. The van der Waals surface area contributed by atoms with E-state index >= 15 is 0 Å². The maximum Gasteiger partial charge on any atom is 0.416 e. The van der Waals surface area contributed by atoms with E-state index in [9.17, 15) is 22.8 Å². The summed E-state index contributed by atoms with van der Waals surface area (Å²) in [4.78, 5) is 27.5. The summed E-state index contributed by atoms with van der Waals surface area (Å²) in [6.07, 6.45) is -3.86. The van der Waals surface area contributed by atoms with Gasteiger partial charge < -0.3 is 10.6 Å². The number of hydrogen-bond donors (Lipinski definition) is 2. The highest BCUT2D eigenvalue weighted by Crippen LogP contribution is 2.33. The zero-order valence-electron chi connectivity index (χ0n) is 15.9. The van der Waals surface area contributed by atoms with Gasteiger partial charge in [-0.25, -0.2) is 4.98 Å². The molecule has 0 spiro atoms. The Labute approximate surface area is 175 Å². The van der Waals surface area contributed by atoms with Gasteiger partial charge in [0.05, 0.1) is 5.56 Å². The monoisotopic (exact) mass is 433 g/mol. The van der Waals surface area contributed by atoms with Crippen molar-refractivity contribution in [3.05, 3.63) is 70.7 Å². The van der Waals surface area contributed by atoms with Gasteiger partial charge in [0.25, 0.3) is 5.91 Å². The van der Waals surface area contributed by atoms with Gasteiger partial charge in [-0.2, -0.15) is 13.2 Å². The second kappa shape index (κ2) is 9.08. The van der Waals surface area contributed by atoms with Crippen LogP contribution in [-0.2, 0) is 17.4 Å². The van der Waals surface area contributed by atoms with Crippen LogP contribution in [0.1, 0.15) is 28.5 Å². The lowest BCUT2D eigenvalue weighted by Crippen LogP contribution is -2.25. The SMILES string of the molecule is CC(=O)Nc1ccc(CCNC(=O)c2csc(-c3cccc(C(F)(F)F)c3)n2)cc1. The molecule has 0 aliphatic rings. The third-order valence-electron chi connectivity index (χ3n) is 4.15. The maximum absolute atomic E-state index is 12.9. The van der Waals surface area contributed by atoms with E-state index in [0.717, 1.165) is 29.0 Å². The minimum absolute atomic E-state index is 0.150. The number of thiazole rings is 1. The Bertz CT molecular complexity index is 1050. The van der Waals surface area contributed by atoms with Crippen molar-refractivity contribution in [3.63, 3.8) is 0 Å². The van der Waals surface area contributed by atoms with Crippen LogP contribution >= 0.6 is 11.3 Å². The molecule has 5 nitrogen and oxygen atoms in total. The van der Waals surface area contributed by atoms with Crippen LogP contribution in [0.5, 0.6) is 0 Å². The van der Waals surface area contributed by atoms with Gasteiger partial charge in [-0.3, -0.25) is 9.59 Å². The number of amides is 2. The molecule has 2 N–H and O–H groups in total. The highest BCUT2D eigenvalue weighted by molar-refractivity contribution is 7.13. The summed E-state index contributed by atoms with van der Waals surface area (Å²) in [6, 6.07) is 12.1. The summed E-state index contributed by atoms with van der Waals surface area (Å²) in [5.41, 5.74) is 1.39. The Morgan fingerprint density at radius 1 is 1.10 bits per heavy atom. The van der Waals surface area contributed by atoms with E-state index in [1.165, 1.54) is 24.4 Å². The molecule has 0 fully saturated rings. The Hall–Kier alpha value is -3.20. The fourth-order valence-corrected chi connectivity index (χ4v) is 3.51. The van der Waals surface area contributed by atoms with E-state index in [4.69, 9.17) is 0 Å². The molecular weight excluding hydrogens is 415 g/mol. The molecular formula is C21H18F3N3O2S. The number of benzene rings is 2. The van der Waals surface area contributed by atoms with Crippen molar-refractivity contribution in [2.75, 3.05) is 11.9 Å². The van der Waals surface area contributed by atoms with Crippen LogP contribution in [0.3, 0.4) is 0 Å². The maximum atomic E-state index is 12.9. The quantitative estimate of drug-likeness (QED) is 0.589. The van der Waals surface area contributed by atoms with Crippen molar-refractivity contribution < 1.29 is 22.8 Å². The lowest BCUT2D eigenvalue weighted by atomic mass is 10.1. The first-order chi connectivity index (χ1) is 14.2. The number of carbonyl (C=O) groups is 2. The van der Waals surface area contributed by atoms with Gasteiger partial charge in [0.15, 0.2) is 0 Å². The van der Waals surface area contributed by atoms with Gasteiger partial charge in [-0.1, -0.05) is 24.3 Å². The second-order valence-electron chi connectivity index (χ2n) is 6.50. The molecule has 1 aromatic heterocycles. The molecule has 156 valence electrons. The van der Waals surface area contributed by atoms with Gasteiger partial charge >= 0.3 is 6.18 Å². The highest BCUT2D eigenvalue weighted by Gasteiger charge is 2.30. The molecule has 1 heterocycles. The van der Waals surface area contributed by atoms with E-state index < -0.39 is 11.7 Å². The number of rotatable bonds is 6. The molecule has 0 atom stereocenters. The van der Waals surface area contributed by atoms with E-state index in [1.54, 1.807) is 12.1 Å². The first-order valence-electron chi connectivity index (χ1n) is 9.00. The number of hydrogen-bond acceptors (Lipinski definition) is 4. The predicted molar refractivity (Wildman–Crippen MR) is 109 cm³/mol. The average Bonchev–Trinajstić information content (AvgIpc) is 3.19. The van der Waals surface area contributed by atoms with Gasteiger partial charge in [0.2, 0.25) is 5.91 Å². The molecule has 9 heteroatoms. The van der Waals surface area contributed by atoms with Gasteiger partial charge in [-0.15, -0.1) is 11.3 Å². The molecule has 0 bridgehead atoms. The fourth-order valence-electron chi connectivity index (χ4n) is 2.71. The van der Waals surface area contributed by atoms with E-state index in [1.807, 2.05) is 12.1 Å². The van der Waals surface area contributed by atoms with Crippen molar-refractivity contribution in [1.29, 1.82) is 0 Å². The summed E-state index contributed by atoms with van der Waals surface area (Å²) >= 11 is 1.11. The molecule has 0 radical (unpaired) electrons. The summed E-state index contributed by atoms with van der Waals surface area (Å²) in [5.74, 6) is -0.540. The number of alkyl halides is 3. The van der Waals surface area contributed by atoms with Crippen LogP contribution in [0.4, 0.5) is 18.9 Å². The number of nitrogens with one attached hydrogen (secondary N) is 2. The molecule has 0 aliphatic heterocycles. The third kappa shape index (κ3) is 5.66. The Balaban J connectivity index is 1.57. The van der Waals surface area contributed by atoms with Crippen LogP contribution in [0.25, 0.3) is 10.6 Å². The van der Waals surface area contributed by atoms with Gasteiger partial charge in [0, 0.05) is 30.1 Å². The Morgan fingerprint density at radius 3 is 2.50 bits per heavy atom. The summed E-state index contributed by atoms with van der Waals surface area (Å²) < 4.78 is 38.6. The fraction of sp³-hybridized carbons (Fsp3) is 0.190. The Kier molecular flexibility index (Phi) is 6.51. The normalized spacial score (nSPS) is 11.2. The van der Waals surface area contributed by atoms with Crippen molar-refractivity contribution in [1.82, 2.24) is 10.3 Å². The first-order valence-corrected chi connectivity index (χ1v) is 9.88. The highest BCUT2D eigenvalue weighted by atomic mass is 32.1. The lowest BCUT2D eigenvalue weighted by molar-refractivity contribution is -0.137. The molecule has 3 rings (SSSR count). The molecule has 30 heavy (non-hydrogen) atoms. The minimum Gasteiger partial charge on any atom is -0.350 e. The van der Waals surface area contributed by atoms with Gasteiger partial charge in [0.1, 0.15) is 10.7 Å². The van der Waals surface area contributed by atoms with Crippen molar-refractivity contribution in [3.8, 4) is 10.6 Å². The molecule has 2 aromatic carbocycles. The van der Waals surface area contributed by atoms with E-state index in [-0.39, 0.29) is 17.5 Å². The zero-order chi connectivity index (χ0) is 21.7. The summed E-state index contributed by atoms with van der Waals surface area (Å²) in [7, 11) is 0. The zero-order valence-corrected chi connectivity index (χ0v) is 16.7. The predicted octanol–water partition coefficient (Wildman–Crippen LogP) is 4.76. The van der Waals surface area contributed by atoms with E-state index in [0.29, 0.717) is 29.2 Å². The molecule has 0 unspecified atom stereocenters. The second-order valence-corrected chi connectivity index (χ2v) is 7.36. The first kappa shape index (κ1) is 21.5. The molecule has 0 aliphatic carbocycles. The standard InChI is InChI=1S/C21H18F3N3O2S/c1-13(28)26-17-7-5-14(6-8-17)9-10-25-19(29)18-12-30-20(27-18)15-3-2-4-16(11-15)21(22,23)24/h2-8,11-12H,9-10H2,1H3,(H,25,29)(H,26,28). The van der Waals surface area contributed by atoms with Crippen molar-refractivity contribution >= 4 is 28.8 Å². The molecule has 0 saturated carbocycles. The number of carbonyl (C=O) groups excluding carboxylic acids is 2. The van der Waals surface area contributed by atoms with Crippen LogP contribution in [0.15, 0.2) is 53.9 Å². The summed E-state index contributed by atoms with van der Waals surface area (Å²) in [6.45, 7) is 1.80.